The first-order valence-corrected chi connectivity index (χ1v) is 6.55. The van der Waals surface area contributed by atoms with Gasteiger partial charge in [-0.05, 0) is 17.5 Å². The van der Waals surface area contributed by atoms with Crippen LogP contribution in [0, 0.1) is 5.92 Å². The molecule has 1 aromatic heterocycles. The Balaban J connectivity index is 2.89. The van der Waals surface area contributed by atoms with Crippen LogP contribution in [-0.2, 0) is 11.3 Å². The van der Waals surface area contributed by atoms with Crippen LogP contribution in [-0.4, -0.2) is 33.9 Å². The molecule has 0 aliphatic carbocycles. The first-order valence-electron chi connectivity index (χ1n) is 6.14. The lowest BCUT2D eigenvalue weighted by Crippen LogP contribution is -2.36. The van der Waals surface area contributed by atoms with E-state index in [0.29, 0.717) is 18.2 Å². The molecule has 1 heterocycles. The standard InChI is InChI=1S/C13H20N4OS/c1-9(2)6-17(8-11(14)18)7-10-4-3-5-16-12(10)13(15)19/h3-5,9H,6-8H2,1-2H3,(H2,14,18)(H2,15,19). The molecule has 0 radical (unpaired) electrons. The molecule has 1 aromatic rings. The summed E-state index contributed by atoms with van der Waals surface area (Å²) in [5, 5.41) is 0. The lowest BCUT2D eigenvalue weighted by molar-refractivity contribution is -0.119. The molecule has 0 aromatic carbocycles. The molecule has 0 aliphatic rings. The molecule has 104 valence electrons. The van der Waals surface area contributed by atoms with Crippen molar-refractivity contribution in [3.05, 3.63) is 29.6 Å². The molecule has 19 heavy (non-hydrogen) atoms. The summed E-state index contributed by atoms with van der Waals surface area (Å²) in [6.07, 6.45) is 1.65. The molecule has 0 fully saturated rings. The molecule has 0 unspecified atom stereocenters. The smallest absolute Gasteiger partial charge is 0.231 e. The minimum atomic E-state index is -0.346. The zero-order chi connectivity index (χ0) is 14.4. The number of nitrogens with two attached hydrogens (primary N) is 2. The van der Waals surface area contributed by atoms with Crippen molar-refractivity contribution < 1.29 is 4.79 Å². The quantitative estimate of drug-likeness (QED) is 0.717. The van der Waals surface area contributed by atoms with Crippen molar-refractivity contribution in [3.63, 3.8) is 0 Å². The van der Waals surface area contributed by atoms with E-state index in [1.165, 1.54) is 0 Å². The number of primary amides is 1. The number of hydrogen-bond acceptors (Lipinski definition) is 4. The van der Waals surface area contributed by atoms with Crippen molar-refractivity contribution in [3.8, 4) is 0 Å². The molecule has 0 saturated carbocycles. The molecule has 1 amide bonds. The van der Waals surface area contributed by atoms with Crippen LogP contribution in [0.2, 0.25) is 0 Å². The first kappa shape index (κ1) is 15.5. The highest BCUT2D eigenvalue weighted by Gasteiger charge is 2.14. The SMILES string of the molecule is CC(C)CN(CC(N)=O)Cc1cccnc1C(N)=S. The van der Waals surface area contributed by atoms with Gasteiger partial charge in [-0.1, -0.05) is 32.1 Å². The molecule has 0 bridgehead atoms. The first-order chi connectivity index (χ1) is 8.90. The van der Waals surface area contributed by atoms with Gasteiger partial charge in [0.15, 0.2) is 0 Å². The second-order valence-electron chi connectivity index (χ2n) is 4.91. The maximum atomic E-state index is 11.1. The third-order valence-corrected chi connectivity index (χ3v) is 2.71. The highest BCUT2D eigenvalue weighted by Crippen LogP contribution is 2.10. The van der Waals surface area contributed by atoms with E-state index in [-0.39, 0.29) is 17.4 Å². The second-order valence-corrected chi connectivity index (χ2v) is 5.34. The number of carbonyl (C=O) groups is 1. The van der Waals surface area contributed by atoms with E-state index in [0.717, 1.165) is 12.1 Å². The minimum absolute atomic E-state index is 0.212. The van der Waals surface area contributed by atoms with Gasteiger partial charge < -0.3 is 11.5 Å². The molecule has 0 atom stereocenters. The normalized spacial score (nSPS) is 10.9. The van der Waals surface area contributed by atoms with Crippen LogP contribution in [0.15, 0.2) is 18.3 Å². The number of hydrogen-bond donors (Lipinski definition) is 2. The van der Waals surface area contributed by atoms with Gasteiger partial charge in [0.2, 0.25) is 5.91 Å². The lowest BCUT2D eigenvalue weighted by Gasteiger charge is -2.23. The van der Waals surface area contributed by atoms with E-state index >= 15 is 0 Å². The number of rotatable bonds is 7. The summed E-state index contributed by atoms with van der Waals surface area (Å²) < 4.78 is 0. The monoisotopic (exact) mass is 280 g/mol. The van der Waals surface area contributed by atoms with E-state index in [9.17, 15) is 4.79 Å². The van der Waals surface area contributed by atoms with Crippen LogP contribution < -0.4 is 11.5 Å². The molecule has 1 rings (SSSR count). The Morgan fingerprint density at radius 1 is 1.47 bits per heavy atom. The fourth-order valence-corrected chi connectivity index (χ4v) is 2.13. The van der Waals surface area contributed by atoms with E-state index in [1.807, 2.05) is 17.0 Å². The van der Waals surface area contributed by atoms with Crippen LogP contribution in [0.5, 0.6) is 0 Å². The number of thiocarbonyl (C=S) groups is 1. The molecule has 0 aliphatic heterocycles. The van der Waals surface area contributed by atoms with E-state index < -0.39 is 0 Å². The van der Waals surface area contributed by atoms with Crippen LogP contribution >= 0.6 is 12.2 Å². The van der Waals surface area contributed by atoms with E-state index in [4.69, 9.17) is 23.7 Å². The van der Waals surface area contributed by atoms with Gasteiger partial charge in [-0.15, -0.1) is 0 Å². The Bertz CT molecular complexity index is 462. The van der Waals surface area contributed by atoms with Gasteiger partial charge in [0.05, 0.1) is 6.54 Å². The Hall–Kier alpha value is -1.53. The summed E-state index contributed by atoms with van der Waals surface area (Å²) in [5.74, 6) is 0.0886. The zero-order valence-electron chi connectivity index (χ0n) is 11.3. The maximum Gasteiger partial charge on any atom is 0.231 e. The fraction of sp³-hybridized carbons (Fsp3) is 0.462. The van der Waals surface area contributed by atoms with Crippen LogP contribution in [0.25, 0.3) is 0 Å². The average Bonchev–Trinajstić information content (AvgIpc) is 2.27. The van der Waals surface area contributed by atoms with Crippen LogP contribution in [0.3, 0.4) is 0 Å². The zero-order valence-corrected chi connectivity index (χ0v) is 12.1. The van der Waals surface area contributed by atoms with E-state index in [1.54, 1.807) is 6.20 Å². The minimum Gasteiger partial charge on any atom is -0.388 e. The van der Waals surface area contributed by atoms with Crippen molar-refractivity contribution in [2.24, 2.45) is 17.4 Å². The van der Waals surface area contributed by atoms with Crippen molar-refractivity contribution in [1.82, 2.24) is 9.88 Å². The third kappa shape index (κ3) is 5.32. The number of aromatic nitrogens is 1. The lowest BCUT2D eigenvalue weighted by atomic mass is 10.1. The van der Waals surface area contributed by atoms with Crippen molar-refractivity contribution >= 4 is 23.1 Å². The number of carbonyl (C=O) groups excluding carboxylic acids is 1. The summed E-state index contributed by atoms with van der Waals surface area (Å²) in [5.41, 5.74) is 12.4. The fourth-order valence-electron chi connectivity index (χ4n) is 1.95. The number of pyridine rings is 1. The Morgan fingerprint density at radius 2 is 2.16 bits per heavy atom. The molecule has 4 N–H and O–H groups in total. The highest BCUT2D eigenvalue weighted by atomic mass is 32.1. The highest BCUT2D eigenvalue weighted by molar-refractivity contribution is 7.80. The Morgan fingerprint density at radius 3 is 2.68 bits per heavy atom. The average molecular weight is 280 g/mol. The van der Waals surface area contributed by atoms with Gasteiger partial charge >= 0.3 is 0 Å². The Labute approximate surface area is 119 Å². The molecule has 0 saturated heterocycles. The van der Waals surface area contributed by atoms with Crippen molar-refractivity contribution in [1.29, 1.82) is 0 Å². The summed E-state index contributed by atoms with van der Waals surface area (Å²) in [6.45, 7) is 5.72. The number of nitrogens with zero attached hydrogens (tertiary/aromatic N) is 2. The van der Waals surface area contributed by atoms with Crippen molar-refractivity contribution in [2.75, 3.05) is 13.1 Å². The third-order valence-electron chi connectivity index (χ3n) is 2.52. The van der Waals surface area contributed by atoms with Crippen LogP contribution in [0.4, 0.5) is 0 Å². The number of amides is 1. The van der Waals surface area contributed by atoms with Crippen LogP contribution in [0.1, 0.15) is 25.1 Å². The molecular weight excluding hydrogens is 260 g/mol. The summed E-state index contributed by atoms with van der Waals surface area (Å²) in [7, 11) is 0. The van der Waals surface area contributed by atoms with Gasteiger partial charge in [0.25, 0.3) is 0 Å². The Kier molecular flexibility index (Phi) is 5.85. The van der Waals surface area contributed by atoms with Gasteiger partial charge in [0, 0.05) is 19.3 Å². The van der Waals surface area contributed by atoms with Crippen molar-refractivity contribution in [2.45, 2.75) is 20.4 Å². The van der Waals surface area contributed by atoms with E-state index in [2.05, 4.69) is 18.8 Å². The van der Waals surface area contributed by atoms with Gasteiger partial charge in [-0.3, -0.25) is 14.7 Å². The molecule has 0 spiro atoms. The largest absolute Gasteiger partial charge is 0.388 e. The predicted molar refractivity (Wildman–Crippen MR) is 79.4 cm³/mol. The van der Waals surface area contributed by atoms with Gasteiger partial charge in [-0.25, -0.2) is 0 Å². The molecule has 6 heteroatoms. The van der Waals surface area contributed by atoms with Gasteiger partial charge in [-0.2, -0.15) is 0 Å². The second kappa shape index (κ2) is 7.16. The predicted octanol–water partition coefficient (Wildman–Crippen LogP) is 0.659. The topological polar surface area (TPSA) is 85.2 Å². The molecule has 5 nitrogen and oxygen atoms in total. The van der Waals surface area contributed by atoms with Gasteiger partial charge in [0.1, 0.15) is 10.7 Å². The molecular formula is C13H20N4OS. The maximum absolute atomic E-state index is 11.1. The summed E-state index contributed by atoms with van der Waals surface area (Å²) >= 11 is 4.98. The summed E-state index contributed by atoms with van der Waals surface area (Å²) in [6, 6.07) is 3.74. The summed E-state index contributed by atoms with van der Waals surface area (Å²) in [4.78, 5) is 17.5.